The predicted molar refractivity (Wildman–Crippen MR) is 80.6 cm³/mol. The fourth-order valence-corrected chi connectivity index (χ4v) is 3.46. The Morgan fingerprint density at radius 1 is 0.900 bits per heavy atom. The fourth-order valence-electron chi connectivity index (χ4n) is 3.46. The molecule has 2 fully saturated rings. The van der Waals surface area contributed by atoms with Crippen LogP contribution in [0.2, 0.25) is 0 Å². The zero-order valence-corrected chi connectivity index (χ0v) is 12.4. The van der Waals surface area contributed by atoms with Gasteiger partial charge in [-0.25, -0.2) is 0 Å². The Labute approximate surface area is 122 Å². The Balaban J connectivity index is 1.43. The number of hydrogen-bond acceptors (Lipinski definition) is 2. The van der Waals surface area contributed by atoms with Gasteiger partial charge in [-0.15, -0.1) is 0 Å². The van der Waals surface area contributed by atoms with Crippen LogP contribution in [0.3, 0.4) is 0 Å². The topological polar surface area (TPSA) is 18.5 Å². The van der Waals surface area contributed by atoms with Crippen molar-refractivity contribution in [2.75, 3.05) is 13.2 Å². The maximum absolute atomic E-state index is 5.52. The average molecular weight is 274 g/mol. The lowest BCUT2D eigenvalue weighted by atomic mass is 9.85. The first-order valence-electron chi connectivity index (χ1n) is 8.24. The van der Waals surface area contributed by atoms with E-state index < -0.39 is 0 Å². The molecule has 1 aliphatic heterocycles. The highest BCUT2D eigenvalue weighted by Crippen LogP contribution is 2.28. The number of aryl methyl sites for hydroxylation is 1. The van der Waals surface area contributed by atoms with E-state index in [9.17, 15) is 0 Å². The maximum Gasteiger partial charge on any atom is 0.184 e. The number of ether oxygens (including phenoxy) is 2. The van der Waals surface area contributed by atoms with Crippen molar-refractivity contribution in [3.8, 4) is 0 Å². The molecule has 0 N–H and O–H groups in total. The van der Waals surface area contributed by atoms with Crippen LogP contribution >= 0.6 is 0 Å². The highest BCUT2D eigenvalue weighted by atomic mass is 16.7. The van der Waals surface area contributed by atoms with Crippen LogP contribution in [0.1, 0.15) is 62.4 Å². The summed E-state index contributed by atoms with van der Waals surface area (Å²) in [5.74, 6) is 1.00. The molecule has 0 spiro atoms. The van der Waals surface area contributed by atoms with Crippen molar-refractivity contribution in [1.82, 2.24) is 0 Å². The van der Waals surface area contributed by atoms with Crippen molar-refractivity contribution in [3.05, 3.63) is 35.4 Å². The van der Waals surface area contributed by atoms with Gasteiger partial charge in [0.25, 0.3) is 0 Å². The van der Waals surface area contributed by atoms with Gasteiger partial charge in [-0.2, -0.15) is 0 Å². The molecule has 0 unspecified atom stereocenters. The van der Waals surface area contributed by atoms with Crippen molar-refractivity contribution in [3.63, 3.8) is 0 Å². The Morgan fingerprint density at radius 2 is 1.60 bits per heavy atom. The molecule has 2 aliphatic rings. The largest absolute Gasteiger partial charge is 0.346 e. The smallest absolute Gasteiger partial charge is 0.184 e. The molecule has 1 aromatic rings. The van der Waals surface area contributed by atoms with E-state index in [1.54, 1.807) is 0 Å². The zero-order valence-electron chi connectivity index (χ0n) is 12.4. The van der Waals surface area contributed by atoms with Gasteiger partial charge in [0, 0.05) is 5.56 Å². The van der Waals surface area contributed by atoms with Crippen LogP contribution in [-0.2, 0) is 15.9 Å². The molecule has 110 valence electrons. The third-order valence-corrected chi connectivity index (χ3v) is 4.68. The Bertz CT molecular complexity index is 386. The molecule has 0 bridgehead atoms. The molecule has 20 heavy (non-hydrogen) atoms. The molecular weight excluding hydrogens is 248 g/mol. The number of hydrogen-bond donors (Lipinski definition) is 0. The number of rotatable bonds is 5. The minimum Gasteiger partial charge on any atom is -0.346 e. The molecule has 0 radical (unpaired) electrons. The summed E-state index contributed by atoms with van der Waals surface area (Å²) in [7, 11) is 0. The molecule has 0 aromatic heterocycles. The van der Waals surface area contributed by atoms with Crippen LogP contribution in [0.25, 0.3) is 0 Å². The summed E-state index contributed by atoms with van der Waals surface area (Å²) in [6.07, 6.45) is 11.1. The van der Waals surface area contributed by atoms with E-state index in [0.717, 1.165) is 11.5 Å². The lowest BCUT2D eigenvalue weighted by molar-refractivity contribution is -0.0441. The summed E-state index contributed by atoms with van der Waals surface area (Å²) in [4.78, 5) is 0. The van der Waals surface area contributed by atoms with Crippen molar-refractivity contribution in [2.24, 2.45) is 5.92 Å². The molecule has 2 nitrogen and oxygen atoms in total. The fraction of sp³-hybridized carbons (Fsp3) is 0.667. The van der Waals surface area contributed by atoms with Crippen LogP contribution in [-0.4, -0.2) is 13.2 Å². The first-order valence-corrected chi connectivity index (χ1v) is 8.24. The van der Waals surface area contributed by atoms with Crippen LogP contribution in [0.5, 0.6) is 0 Å². The quantitative estimate of drug-likeness (QED) is 0.779. The molecule has 0 atom stereocenters. The summed E-state index contributed by atoms with van der Waals surface area (Å²) >= 11 is 0. The zero-order chi connectivity index (χ0) is 13.6. The van der Waals surface area contributed by atoms with Gasteiger partial charge in [0.2, 0.25) is 0 Å². The second-order valence-corrected chi connectivity index (χ2v) is 6.21. The van der Waals surface area contributed by atoms with Gasteiger partial charge in [-0.1, -0.05) is 62.8 Å². The molecular formula is C18H26O2. The van der Waals surface area contributed by atoms with Gasteiger partial charge >= 0.3 is 0 Å². The molecule has 1 aromatic carbocycles. The van der Waals surface area contributed by atoms with Gasteiger partial charge < -0.3 is 9.47 Å². The van der Waals surface area contributed by atoms with E-state index in [2.05, 4.69) is 24.3 Å². The van der Waals surface area contributed by atoms with Crippen molar-refractivity contribution in [1.29, 1.82) is 0 Å². The molecule has 1 aliphatic carbocycles. The first-order chi connectivity index (χ1) is 9.92. The molecule has 0 amide bonds. The Morgan fingerprint density at radius 3 is 2.30 bits per heavy atom. The van der Waals surface area contributed by atoms with Gasteiger partial charge in [0.15, 0.2) is 6.29 Å². The van der Waals surface area contributed by atoms with E-state index in [4.69, 9.17) is 9.47 Å². The summed E-state index contributed by atoms with van der Waals surface area (Å²) in [6, 6.07) is 8.79. The lowest BCUT2D eigenvalue weighted by Gasteiger charge is -2.21. The van der Waals surface area contributed by atoms with Gasteiger partial charge in [0.1, 0.15) is 0 Å². The molecule has 3 rings (SSSR count). The normalized spacial score (nSPS) is 21.4. The third kappa shape index (κ3) is 3.83. The van der Waals surface area contributed by atoms with Crippen molar-refractivity contribution < 1.29 is 9.47 Å². The van der Waals surface area contributed by atoms with E-state index in [0.29, 0.717) is 13.2 Å². The van der Waals surface area contributed by atoms with Crippen molar-refractivity contribution in [2.45, 2.75) is 57.7 Å². The van der Waals surface area contributed by atoms with E-state index >= 15 is 0 Å². The van der Waals surface area contributed by atoms with Crippen LogP contribution in [0.15, 0.2) is 24.3 Å². The van der Waals surface area contributed by atoms with Crippen LogP contribution in [0.4, 0.5) is 0 Å². The molecule has 2 heteroatoms. The predicted octanol–water partition coefficient (Wildman–Crippen LogP) is 4.64. The SMILES string of the molecule is c1cc(C2OCCO2)ccc1CCCC1CCCCC1. The Kier molecular flexibility index (Phi) is 5.10. The first kappa shape index (κ1) is 14.1. The minimum absolute atomic E-state index is 0.133. The summed E-state index contributed by atoms with van der Waals surface area (Å²) in [5.41, 5.74) is 2.60. The van der Waals surface area contributed by atoms with E-state index in [1.807, 2.05) is 0 Å². The monoisotopic (exact) mass is 274 g/mol. The second-order valence-electron chi connectivity index (χ2n) is 6.21. The standard InChI is InChI=1S/C18H26O2/c1-2-5-15(6-3-1)7-4-8-16-9-11-17(12-10-16)18-19-13-14-20-18/h9-12,15,18H,1-8,13-14H2. The molecule has 1 saturated carbocycles. The molecule has 1 heterocycles. The van der Waals surface area contributed by atoms with Crippen LogP contribution < -0.4 is 0 Å². The summed E-state index contributed by atoms with van der Waals surface area (Å²) in [5, 5.41) is 0. The second kappa shape index (κ2) is 7.24. The van der Waals surface area contributed by atoms with Gasteiger partial charge in [-0.05, 0) is 24.3 Å². The van der Waals surface area contributed by atoms with E-state index in [-0.39, 0.29) is 6.29 Å². The minimum atomic E-state index is -0.133. The maximum atomic E-state index is 5.52. The van der Waals surface area contributed by atoms with Gasteiger partial charge in [0.05, 0.1) is 13.2 Å². The number of benzene rings is 1. The highest BCUT2D eigenvalue weighted by molar-refractivity contribution is 5.23. The Hall–Kier alpha value is -0.860. The molecule has 1 saturated heterocycles. The average Bonchev–Trinajstić information content (AvgIpc) is 3.03. The van der Waals surface area contributed by atoms with Crippen molar-refractivity contribution >= 4 is 0 Å². The lowest BCUT2D eigenvalue weighted by Crippen LogP contribution is -2.06. The van der Waals surface area contributed by atoms with Gasteiger partial charge in [-0.3, -0.25) is 0 Å². The summed E-state index contributed by atoms with van der Waals surface area (Å²) in [6.45, 7) is 1.43. The van der Waals surface area contributed by atoms with Crippen LogP contribution in [0, 0.1) is 5.92 Å². The third-order valence-electron chi connectivity index (χ3n) is 4.68. The highest BCUT2D eigenvalue weighted by Gasteiger charge is 2.17. The van der Waals surface area contributed by atoms with E-state index in [1.165, 1.54) is 56.9 Å². The summed E-state index contributed by atoms with van der Waals surface area (Å²) < 4.78 is 11.0.